The van der Waals surface area contributed by atoms with Crippen molar-refractivity contribution in [3.05, 3.63) is 12.2 Å². The van der Waals surface area contributed by atoms with Crippen LogP contribution < -0.4 is 11.1 Å². The summed E-state index contributed by atoms with van der Waals surface area (Å²) in [4.78, 5) is 11.1. The predicted molar refractivity (Wildman–Crippen MR) is 149 cm³/mol. The molecule has 0 bridgehead atoms. The first-order chi connectivity index (χ1) is 16.6. The van der Waals surface area contributed by atoms with Crippen LogP contribution in [0.4, 0.5) is 0 Å². The van der Waals surface area contributed by atoms with Gasteiger partial charge in [0.2, 0.25) is 0 Å². The van der Waals surface area contributed by atoms with Gasteiger partial charge in [0, 0.05) is 6.54 Å². The number of carbonyl (C=O) groups is 1. The van der Waals surface area contributed by atoms with E-state index < -0.39 is 5.97 Å². The maximum absolute atomic E-state index is 11.1. The molecule has 0 aliphatic rings. The lowest BCUT2D eigenvalue weighted by Crippen LogP contribution is -2.37. The average molecular weight is 505 g/mol. The molecule has 5 N–H and O–H groups in total. The number of thioether (sulfide) groups is 1. The third-order valence-corrected chi connectivity index (χ3v) is 6.13. The summed E-state index contributed by atoms with van der Waals surface area (Å²) in [6, 6.07) is -0.374. The van der Waals surface area contributed by atoms with Crippen molar-refractivity contribution in [1.29, 1.82) is 0 Å². The molecule has 0 saturated heterocycles. The molecule has 0 heterocycles. The SMILES string of the molecule is CCCCCCCC/C=C\CCCCCCCCN[C@@H](CCSC)C(=O)O.NCCOCCO. The van der Waals surface area contributed by atoms with Crippen LogP contribution in [-0.4, -0.2) is 67.1 Å². The molecule has 0 aromatic rings. The maximum Gasteiger partial charge on any atom is 0.320 e. The number of carboxylic acids is 1. The average Bonchev–Trinajstić information content (AvgIpc) is 2.83. The highest BCUT2D eigenvalue weighted by Crippen LogP contribution is 2.10. The number of aliphatic carboxylic acids is 1. The Morgan fingerprint density at radius 3 is 2.00 bits per heavy atom. The van der Waals surface area contributed by atoms with Crippen LogP contribution in [0.1, 0.15) is 103 Å². The van der Waals surface area contributed by atoms with Crippen LogP contribution in [0.3, 0.4) is 0 Å². The van der Waals surface area contributed by atoms with Gasteiger partial charge in [-0.05, 0) is 57.1 Å². The Morgan fingerprint density at radius 2 is 1.50 bits per heavy atom. The summed E-state index contributed by atoms with van der Waals surface area (Å²) in [5.41, 5.74) is 5.06. The van der Waals surface area contributed by atoms with Gasteiger partial charge in [-0.1, -0.05) is 76.9 Å². The number of hydrogen-bond donors (Lipinski definition) is 4. The van der Waals surface area contributed by atoms with Crippen molar-refractivity contribution >= 4 is 17.7 Å². The van der Waals surface area contributed by atoms with Gasteiger partial charge in [-0.2, -0.15) is 11.8 Å². The molecule has 6 nitrogen and oxygen atoms in total. The fourth-order valence-electron chi connectivity index (χ4n) is 3.45. The normalized spacial score (nSPS) is 12.0. The number of ether oxygens (including phenoxy) is 1. The molecular formula is C27H56N2O4S. The largest absolute Gasteiger partial charge is 0.480 e. The van der Waals surface area contributed by atoms with Crippen molar-refractivity contribution in [2.45, 2.75) is 109 Å². The van der Waals surface area contributed by atoms with E-state index in [4.69, 9.17) is 20.7 Å². The molecule has 0 fully saturated rings. The summed E-state index contributed by atoms with van der Waals surface area (Å²) < 4.78 is 4.76. The molecule has 204 valence electrons. The summed E-state index contributed by atoms with van der Waals surface area (Å²) in [5, 5.41) is 20.5. The fraction of sp³-hybridized carbons (Fsp3) is 0.889. The maximum atomic E-state index is 11.1. The Bertz CT molecular complexity index is 421. The number of hydrogen-bond acceptors (Lipinski definition) is 6. The van der Waals surface area contributed by atoms with Crippen LogP contribution >= 0.6 is 11.8 Å². The van der Waals surface area contributed by atoms with Crippen molar-refractivity contribution in [1.82, 2.24) is 5.32 Å². The van der Waals surface area contributed by atoms with Crippen LogP contribution in [0.25, 0.3) is 0 Å². The van der Waals surface area contributed by atoms with E-state index in [-0.39, 0.29) is 12.6 Å². The zero-order chi connectivity index (χ0) is 25.5. The van der Waals surface area contributed by atoms with Gasteiger partial charge in [0.25, 0.3) is 0 Å². The molecule has 0 aliphatic heterocycles. The summed E-state index contributed by atoms with van der Waals surface area (Å²) >= 11 is 1.70. The molecule has 0 unspecified atom stereocenters. The number of nitrogens with two attached hydrogens (primary N) is 1. The summed E-state index contributed by atoms with van der Waals surface area (Å²) in [5.74, 6) is 0.186. The molecule has 34 heavy (non-hydrogen) atoms. The minimum Gasteiger partial charge on any atom is -0.480 e. The number of aliphatic hydroxyl groups is 1. The number of nitrogens with one attached hydrogen (secondary N) is 1. The number of carboxylic acid groups (broad SMARTS) is 1. The lowest BCUT2D eigenvalue weighted by atomic mass is 10.1. The zero-order valence-electron chi connectivity index (χ0n) is 22.3. The lowest BCUT2D eigenvalue weighted by Gasteiger charge is -2.13. The second-order valence-electron chi connectivity index (χ2n) is 8.69. The van der Waals surface area contributed by atoms with Gasteiger partial charge in [-0.25, -0.2) is 0 Å². The van der Waals surface area contributed by atoms with Crippen LogP contribution in [0.2, 0.25) is 0 Å². The van der Waals surface area contributed by atoms with Crippen molar-refractivity contribution in [2.24, 2.45) is 5.73 Å². The highest BCUT2D eigenvalue weighted by Gasteiger charge is 2.15. The van der Waals surface area contributed by atoms with Gasteiger partial charge in [0.1, 0.15) is 6.04 Å². The van der Waals surface area contributed by atoms with E-state index in [9.17, 15) is 4.79 Å². The first-order valence-corrected chi connectivity index (χ1v) is 15.0. The molecule has 7 heteroatoms. The Morgan fingerprint density at radius 1 is 0.941 bits per heavy atom. The quantitative estimate of drug-likeness (QED) is 0.0923. The minimum atomic E-state index is -0.714. The molecule has 1 atom stereocenters. The summed E-state index contributed by atoms with van der Waals surface area (Å²) in [6.07, 6.45) is 25.8. The second-order valence-corrected chi connectivity index (χ2v) is 9.67. The molecule has 0 rings (SSSR count). The minimum absolute atomic E-state index is 0.0833. The molecule has 0 spiro atoms. The third kappa shape index (κ3) is 31.4. The molecule has 0 amide bonds. The first kappa shape index (κ1) is 35.6. The number of rotatable bonds is 25. The first-order valence-electron chi connectivity index (χ1n) is 13.6. The van der Waals surface area contributed by atoms with Crippen LogP contribution in [0.15, 0.2) is 12.2 Å². The number of unbranched alkanes of at least 4 members (excludes halogenated alkanes) is 12. The van der Waals surface area contributed by atoms with E-state index in [1.807, 2.05) is 6.26 Å². The van der Waals surface area contributed by atoms with E-state index in [1.165, 1.54) is 83.5 Å². The van der Waals surface area contributed by atoms with E-state index in [1.54, 1.807) is 11.8 Å². The second kappa shape index (κ2) is 32.4. The summed E-state index contributed by atoms with van der Waals surface area (Å²) in [7, 11) is 0. The number of aliphatic hydroxyl groups excluding tert-OH is 1. The van der Waals surface area contributed by atoms with Crippen LogP contribution in [-0.2, 0) is 9.53 Å². The van der Waals surface area contributed by atoms with Crippen LogP contribution in [0.5, 0.6) is 0 Å². The fourth-order valence-corrected chi connectivity index (χ4v) is 3.92. The smallest absolute Gasteiger partial charge is 0.320 e. The lowest BCUT2D eigenvalue weighted by molar-refractivity contribution is -0.139. The van der Waals surface area contributed by atoms with Gasteiger partial charge in [-0.15, -0.1) is 0 Å². The molecule has 0 aromatic heterocycles. The molecule has 0 aromatic carbocycles. The van der Waals surface area contributed by atoms with Gasteiger partial charge in [0.15, 0.2) is 0 Å². The van der Waals surface area contributed by atoms with Crippen molar-refractivity contribution < 1.29 is 19.7 Å². The Labute approximate surface area is 214 Å². The van der Waals surface area contributed by atoms with Crippen molar-refractivity contribution in [3.8, 4) is 0 Å². The highest BCUT2D eigenvalue weighted by molar-refractivity contribution is 7.98. The Balaban J connectivity index is 0. The van der Waals surface area contributed by atoms with Crippen molar-refractivity contribution in [3.63, 3.8) is 0 Å². The van der Waals surface area contributed by atoms with Gasteiger partial charge in [0.05, 0.1) is 19.8 Å². The van der Waals surface area contributed by atoms with E-state index in [0.29, 0.717) is 26.2 Å². The molecule has 0 saturated carbocycles. The highest BCUT2D eigenvalue weighted by atomic mass is 32.2. The van der Waals surface area contributed by atoms with Gasteiger partial charge >= 0.3 is 5.97 Å². The molecular weight excluding hydrogens is 448 g/mol. The molecule has 0 radical (unpaired) electrons. The number of allylic oxidation sites excluding steroid dienone is 2. The predicted octanol–water partition coefficient (Wildman–Crippen LogP) is 5.77. The monoisotopic (exact) mass is 504 g/mol. The Hall–Kier alpha value is -0.600. The van der Waals surface area contributed by atoms with Gasteiger partial charge in [-0.3, -0.25) is 4.79 Å². The topological polar surface area (TPSA) is 105 Å². The van der Waals surface area contributed by atoms with Crippen molar-refractivity contribution in [2.75, 3.05) is 44.9 Å². The van der Waals surface area contributed by atoms with Gasteiger partial charge < -0.3 is 26.0 Å². The van der Waals surface area contributed by atoms with E-state index in [2.05, 4.69) is 24.4 Å². The van der Waals surface area contributed by atoms with Crippen LogP contribution in [0, 0.1) is 0 Å². The third-order valence-electron chi connectivity index (χ3n) is 5.49. The van der Waals surface area contributed by atoms with E-state index in [0.717, 1.165) is 18.7 Å². The summed E-state index contributed by atoms with van der Waals surface area (Å²) in [6.45, 7) is 4.65. The zero-order valence-corrected chi connectivity index (χ0v) is 23.1. The standard InChI is InChI=1S/C23H45NO2S.C4H11NO2/c1-3-4-5-6-7-8-9-10-11-12-13-14-15-16-17-18-20-24-22(23(25)26)19-21-27-2;5-1-3-7-4-2-6/h10-11,22,24H,3-9,12-21H2,1-2H3,(H,25,26);6H,1-5H2/b11-10-;/t22-;/m0./s1. The van der Waals surface area contributed by atoms with E-state index >= 15 is 0 Å². The Kier molecular flexibility index (Phi) is 33.9. The molecule has 0 aliphatic carbocycles.